The monoisotopic (exact) mass is 337 g/mol. The number of halogens is 1. The Bertz CT molecular complexity index is 920. The van der Waals surface area contributed by atoms with Crippen molar-refractivity contribution in [2.75, 3.05) is 6.54 Å². The van der Waals surface area contributed by atoms with Crippen LogP contribution in [0.1, 0.15) is 33.2 Å². The fourth-order valence-electron chi connectivity index (χ4n) is 3.26. The molecule has 0 aliphatic carbocycles. The Hall–Kier alpha value is -3.15. The van der Waals surface area contributed by atoms with E-state index in [2.05, 4.69) is 9.97 Å². The Labute approximate surface area is 143 Å². The summed E-state index contributed by atoms with van der Waals surface area (Å²) in [4.78, 5) is 22.0. The van der Waals surface area contributed by atoms with Gasteiger partial charge in [0.15, 0.2) is 0 Å². The van der Waals surface area contributed by atoms with Crippen LogP contribution in [0.5, 0.6) is 5.75 Å². The molecule has 0 saturated heterocycles. The van der Waals surface area contributed by atoms with E-state index in [0.717, 1.165) is 17.0 Å². The van der Waals surface area contributed by atoms with E-state index in [1.165, 1.54) is 24.3 Å². The van der Waals surface area contributed by atoms with Gasteiger partial charge in [0.2, 0.25) is 0 Å². The van der Waals surface area contributed by atoms with Crippen molar-refractivity contribution in [1.82, 2.24) is 14.9 Å². The van der Waals surface area contributed by atoms with E-state index in [4.69, 9.17) is 0 Å². The largest absolute Gasteiger partial charge is 0.508 e. The maximum absolute atomic E-state index is 13.1. The van der Waals surface area contributed by atoms with Gasteiger partial charge in [-0.2, -0.15) is 0 Å². The number of imidazole rings is 1. The molecule has 1 amide bonds. The van der Waals surface area contributed by atoms with Gasteiger partial charge in [0.25, 0.3) is 5.91 Å². The number of nitrogens with zero attached hydrogens (tertiary/aromatic N) is 2. The molecule has 0 saturated carbocycles. The number of H-pyrrole nitrogens is 1. The number of hydrogen-bond acceptors (Lipinski definition) is 3. The molecule has 2 N–H and O–H groups in total. The van der Waals surface area contributed by atoms with E-state index in [0.29, 0.717) is 18.7 Å². The molecule has 6 heteroatoms. The Morgan fingerprint density at radius 1 is 1.24 bits per heavy atom. The number of aromatic nitrogens is 2. The Kier molecular flexibility index (Phi) is 3.72. The maximum Gasteiger partial charge on any atom is 0.254 e. The van der Waals surface area contributed by atoms with E-state index in [-0.39, 0.29) is 23.4 Å². The zero-order chi connectivity index (χ0) is 17.4. The van der Waals surface area contributed by atoms with E-state index >= 15 is 0 Å². The first-order chi connectivity index (χ1) is 12.1. The highest BCUT2D eigenvalue weighted by Gasteiger charge is 2.31. The highest BCUT2D eigenvalue weighted by Crippen LogP contribution is 2.33. The van der Waals surface area contributed by atoms with Crippen LogP contribution in [0, 0.1) is 5.82 Å². The molecule has 1 aliphatic rings. The Morgan fingerprint density at radius 3 is 2.80 bits per heavy atom. The van der Waals surface area contributed by atoms with Crippen LogP contribution in [0.3, 0.4) is 0 Å². The van der Waals surface area contributed by atoms with Crippen LogP contribution in [0.2, 0.25) is 0 Å². The minimum Gasteiger partial charge on any atom is -0.508 e. The molecule has 4 rings (SSSR count). The van der Waals surface area contributed by atoms with Crippen molar-refractivity contribution in [2.45, 2.75) is 12.5 Å². The molecule has 1 atom stereocenters. The zero-order valence-corrected chi connectivity index (χ0v) is 13.3. The topological polar surface area (TPSA) is 69.2 Å². The summed E-state index contributed by atoms with van der Waals surface area (Å²) in [5.74, 6) is -0.489. The quantitative estimate of drug-likeness (QED) is 0.755. The number of phenols is 1. The number of hydrogen-bond donors (Lipinski definition) is 2. The van der Waals surface area contributed by atoms with Crippen LogP contribution in [0.15, 0.2) is 54.9 Å². The molecular formula is C19H16FN3O2. The fraction of sp³-hybridized carbons (Fsp3) is 0.158. The lowest BCUT2D eigenvalue weighted by molar-refractivity contribution is 0.0722. The van der Waals surface area contributed by atoms with Crippen molar-refractivity contribution >= 4 is 5.91 Å². The standard InChI is InChI=1S/C19H16FN3O2/c20-14-6-4-12(5-7-14)19(25)23-9-16(13-2-1-3-15(24)8-13)18-17(10-23)21-11-22-18/h1-8,11,16,24H,9-10H2,(H,21,22). The molecule has 126 valence electrons. The van der Waals surface area contributed by atoms with Crippen molar-refractivity contribution in [3.63, 3.8) is 0 Å². The molecule has 3 aromatic rings. The maximum atomic E-state index is 13.1. The number of rotatable bonds is 2. The molecule has 1 unspecified atom stereocenters. The van der Waals surface area contributed by atoms with Crippen LogP contribution in [-0.2, 0) is 6.54 Å². The number of phenolic OH excluding ortho intramolecular Hbond substituents is 1. The van der Waals surface area contributed by atoms with Gasteiger partial charge in [-0.25, -0.2) is 9.37 Å². The first-order valence-electron chi connectivity index (χ1n) is 7.98. The lowest BCUT2D eigenvalue weighted by Gasteiger charge is -2.32. The van der Waals surface area contributed by atoms with Gasteiger partial charge in [0.05, 0.1) is 24.3 Å². The normalized spacial score (nSPS) is 16.5. The third-order valence-corrected chi connectivity index (χ3v) is 4.48. The van der Waals surface area contributed by atoms with Crippen LogP contribution < -0.4 is 0 Å². The summed E-state index contributed by atoms with van der Waals surface area (Å²) >= 11 is 0. The first kappa shape index (κ1) is 15.4. The number of amides is 1. The second-order valence-electron chi connectivity index (χ2n) is 6.11. The third-order valence-electron chi connectivity index (χ3n) is 4.48. The fourth-order valence-corrected chi connectivity index (χ4v) is 3.26. The Morgan fingerprint density at radius 2 is 2.04 bits per heavy atom. The molecule has 1 aromatic heterocycles. The van der Waals surface area contributed by atoms with Crippen molar-refractivity contribution in [3.8, 4) is 5.75 Å². The SMILES string of the molecule is O=C(c1ccc(F)cc1)N1Cc2[nH]cnc2C(c2cccc(O)c2)C1. The number of carbonyl (C=O) groups is 1. The number of aromatic amines is 1. The number of aromatic hydroxyl groups is 1. The molecule has 25 heavy (non-hydrogen) atoms. The Balaban J connectivity index is 1.68. The number of benzene rings is 2. The third kappa shape index (κ3) is 2.87. The van der Waals surface area contributed by atoms with Crippen LogP contribution in [-0.4, -0.2) is 32.4 Å². The van der Waals surface area contributed by atoms with E-state index in [1.807, 2.05) is 6.07 Å². The average Bonchev–Trinajstić information content (AvgIpc) is 3.09. The van der Waals surface area contributed by atoms with Crippen molar-refractivity contribution in [2.24, 2.45) is 0 Å². The van der Waals surface area contributed by atoms with Gasteiger partial charge >= 0.3 is 0 Å². The van der Waals surface area contributed by atoms with Crippen LogP contribution >= 0.6 is 0 Å². The average molecular weight is 337 g/mol. The lowest BCUT2D eigenvalue weighted by atomic mass is 9.90. The summed E-state index contributed by atoms with van der Waals surface area (Å²) in [5, 5.41) is 9.78. The van der Waals surface area contributed by atoms with E-state index in [9.17, 15) is 14.3 Å². The zero-order valence-electron chi connectivity index (χ0n) is 13.3. The molecule has 5 nitrogen and oxygen atoms in total. The minimum atomic E-state index is -0.372. The highest BCUT2D eigenvalue weighted by molar-refractivity contribution is 5.94. The molecule has 0 radical (unpaired) electrons. The van der Waals surface area contributed by atoms with Gasteiger partial charge in [-0.1, -0.05) is 12.1 Å². The molecule has 0 fully saturated rings. The van der Waals surface area contributed by atoms with Gasteiger partial charge in [0.1, 0.15) is 11.6 Å². The van der Waals surface area contributed by atoms with Crippen LogP contribution in [0.25, 0.3) is 0 Å². The predicted octanol–water partition coefficient (Wildman–Crippen LogP) is 3.04. The summed E-state index contributed by atoms with van der Waals surface area (Å²) in [7, 11) is 0. The van der Waals surface area contributed by atoms with Gasteiger partial charge in [-0.05, 0) is 42.0 Å². The smallest absolute Gasteiger partial charge is 0.254 e. The number of fused-ring (bicyclic) bond motifs is 1. The van der Waals surface area contributed by atoms with Crippen LogP contribution in [0.4, 0.5) is 4.39 Å². The summed E-state index contributed by atoms with van der Waals surface area (Å²) in [6.45, 7) is 0.859. The first-order valence-corrected chi connectivity index (χ1v) is 7.98. The van der Waals surface area contributed by atoms with E-state index in [1.54, 1.807) is 29.4 Å². The van der Waals surface area contributed by atoms with Gasteiger partial charge in [-0.3, -0.25) is 4.79 Å². The number of nitrogens with one attached hydrogen (secondary N) is 1. The van der Waals surface area contributed by atoms with Gasteiger partial charge < -0.3 is 15.0 Å². The summed E-state index contributed by atoms with van der Waals surface area (Å²) in [6.07, 6.45) is 1.62. The highest BCUT2D eigenvalue weighted by atomic mass is 19.1. The van der Waals surface area contributed by atoms with Crippen molar-refractivity contribution < 1.29 is 14.3 Å². The van der Waals surface area contributed by atoms with E-state index < -0.39 is 0 Å². The molecule has 2 heterocycles. The second kappa shape index (κ2) is 6.05. The summed E-state index contributed by atoms with van der Waals surface area (Å²) < 4.78 is 13.1. The second-order valence-corrected chi connectivity index (χ2v) is 6.11. The molecule has 2 aromatic carbocycles. The molecular weight excluding hydrogens is 321 g/mol. The van der Waals surface area contributed by atoms with Crippen molar-refractivity contribution in [1.29, 1.82) is 0 Å². The summed E-state index contributed by atoms with van der Waals surface area (Å²) in [5.41, 5.74) is 3.09. The summed E-state index contributed by atoms with van der Waals surface area (Å²) in [6, 6.07) is 12.5. The minimum absolute atomic E-state index is 0.133. The molecule has 0 spiro atoms. The molecule has 0 bridgehead atoms. The van der Waals surface area contributed by atoms with Gasteiger partial charge in [0, 0.05) is 18.0 Å². The van der Waals surface area contributed by atoms with Gasteiger partial charge in [-0.15, -0.1) is 0 Å². The molecule has 1 aliphatic heterocycles. The number of carbonyl (C=O) groups excluding carboxylic acids is 1. The van der Waals surface area contributed by atoms with Crippen molar-refractivity contribution in [3.05, 3.63) is 83.2 Å². The predicted molar refractivity (Wildman–Crippen MR) is 89.7 cm³/mol. The lowest BCUT2D eigenvalue weighted by Crippen LogP contribution is -2.38.